The van der Waals surface area contributed by atoms with Crippen molar-refractivity contribution in [1.29, 1.82) is 0 Å². The summed E-state index contributed by atoms with van der Waals surface area (Å²) in [5.41, 5.74) is 3.87. The van der Waals surface area contributed by atoms with Crippen LogP contribution in [0.2, 0.25) is 0 Å². The van der Waals surface area contributed by atoms with E-state index < -0.39 is 0 Å². The van der Waals surface area contributed by atoms with E-state index in [0.29, 0.717) is 18.3 Å². The summed E-state index contributed by atoms with van der Waals surface area (Å²) < 4.78 is 5.23. The first-order chi connectivity index (χ1) is 13.0. The molecule has 5 heteroatoms. The Hall–Kier alpha value is -2.92. The summed E-state index contributed by atoms with van der Waals surface area (Å²) in [4.78, 5) is 14.7. The van der Waals surface area contributed by atoms with Crippen LogP contribution in [0.5, 0.6) is 0 Å². The van der Waals surface area contributed by atoms with Gasteiger partial charge < -0.3 is 9.84 Å². The molecule has 0 radical (unpaired) electrons. The number of rotatable bonds is 7. The van der Waals surface area contributed by atoms with E-state index in [1.165, 1.54) is 5.56 Å². The van der Waals surface area contributed by atoms with Crippen molar-refractivity contribution in [2.24, 2.45) is 0 Å². The van der Waals surface area contributed by atoms with Crippen LogP contribution in [0.15, 0.2) is 65.2 Å². The maximum atomic E-state index is 12.4. The molecule has 27 heavy (non-hydrogen) atoms. The highest BCUT2D eigenvalue weighted by atomic mass is 16.5. The molecule has 1 heterocycles. The van der Waals surface area contributed by atoms with E-state index in [2.05, 4.69) is 42.3 Å². The van der Waals surface area contributed by atoms with E-state index in [0.717, 1.165) is 17.7 Å². The first-order valence-corrected chi connectivity index (χ1v) is 9.12. The molecule has 0 bridgehead atoms. The summed E-state index contributed by atoms with van der Waals surface area (Å²) >= 11 is 0. The van der Waals surface area contributed by atoms with Crippen molar-refractivity contribution in [1.82, 2.24) is 15.4 Å². The third kappa shape index (κ3) is 4.83. The molecule has 0 spiro atoms. The fraction of sp³-hybridized carbons (Fsp3) is 0.273. The largest absolute Gasteiger partial charge is 0.350 e. The number of hydrogen-bond acceptors (Lipinski definition) is 4. The molecule has 140 valence electrons. The molecule has 0 atom stereocenters. The van der Waals surface area contributed by atoms with Crippen LogP contribution >= 0.6 is 0 Å². The second-order valence-corrected chi connectivity index (χ2v) is 6.90. The SMILES string of the molecule is CC(C)N(C)Cc1ccccc1CNC(=O)c1cc(-c2ccccc2)no1. The average Bonchev–Trinajstić information content (AvgIpc) is 3.18. The van der Waals surface area contributed by atoms with E-state index >= 15 is 0 Å². The number of carbonyl (C=O) groups excluding carboxylic acids is 1. The van der Waals surface area contributed by atoms with Crippen LogP contribution in [0, 0.1) is 0 Å². The summed E-state index contributed by atoms with van der Waals surface area (Å²) in [5.74, 6) is -0.0534. The highest BCUT2D eigenvalue weighted by Crippen LogP contribution is 2.19. The topological polar surface area (TPSA) is 58.4 Å². The van der Waals surface area contributed by atoms with Crippen LogP contribution in [0.25, 0.3) is 11.3 Å². The minimum absolute atomic E-state index is 0.214. The third-order valence-corrected chi connectivity index (χ3v) is 4.66. The van der Waals surface area contributed by atoms with Gasteiger partial charge in [-0.05, 0) is 32.0 Å². The molecule has 1 amide bonds. The standard InChI is InChI=1S/C22H25N3O2/c1-16(2)25(3)15-19-12-8-7-11-18(19)14-23-22(26)21-13-20(24-27-21)17-9-5-4-6-10-17/h4-13,16H,14-15H2,1-3H3,(H,23,26). The number of aromatic nitrogens is 1. The quantitative estimate of drug-likeness (QED) is 0.686. The molecule has 2 aromatic carbocycles. The van der Waals surface area contributed by atoms with Gasteiger partial charge in [-0.2, -0.15) is 0 Å². The highest BCUT2D eigenvalue weighted by Gasteiger charge is 2.15. The van der Waals surface area contributed by atoms with E-state index in [4.69, 9.17) is 4.52 Å². The van der Waals surface area contributed by atoms with Crippen molar-refractivity contribution in [3.05, 3.63) is 77.6 Å². The van der Waals surface area contributed by atoms with Gasteiger partial charge in [-0.15, -0.1) is 0 Å². The predicted molar refractivity (Wildman–Crippen MR) is 106 cm³/mol. The zero-order valence-electron chi connectivity index (χ0n) is 16.0. The monoisotopic (exact) mass is 363 g/mol. The first-order valence-electron chi connectivity index (χ1n) is 9.12. The van der Waals surface area contributed by atoms with Crippen LogP contribution in [0.4, 0.5) is 0 Å². The van der Waals surface area contributed by atoms with Crippen LogP contribution < -0.4 is 5.32 Å². The van der Waals surface area contributed by atoms with E-state index in [-0.39, 0.29) is 11.7 Å². The average molecular weight is 363 g/mol. The zero-order valence-corrected chi connectivity index (χ0v) is 16.0. The molecule has 0 saturated carbocycles. The predicted octanol–water partition coefficient (Wildman–Crippen LogP) is 4.11. The molecule has 3 aromatic rings. The number of hydrogen-bond donors (Lipinski definition) is 1. The summed E-state index contributed by atoms with van der Waals surface area (Å²) in [6, 6.07) is 19.9. The fourth-order valence-corrected chi connectivity index (χ4v) is 2.73. The lowest BCUT2D eigenvalue weighted by Crippen LogP contribution is -2.27. The summed E-state index contributed by atoms with van der Waals surface area (Å²) in [5, 5.41) is 6.93. The summed E-state index contributed by atoms with van der Waals surface area (Å²) in [6.07, 6.45) is 0. The molecule has 1 aromatic heterocycles. The molecule has 5 nitrogen and oxygen atoms in total. The van der Waals surface area contributed by atoms with Crippen LogP contribution in [0.3, 0.4) is 0 Å². The Morgan fingerprint density at radius 3 is 2.44 bits per heavy atom. The van der Waals surface area contributed by atoms with E-state index in [9.17, 15) is 4.79 Å². The van der Waals surface area contributed by atoms with E-state index in [1.807, 2.05) is 48.5 Å². The fourth-order valence-electron chi connectivity index (χ4n) is 2.73. The Labute approximate surface area is 160 Å². The molecule has 0 aliphatic heterocycles. The molecule has 0 fully saturated rings. The Kier molecular flexibility index (Phi) is 6.04. The summed E-state index contributed by atoms with van der Waals surface area (Å²) in [7, 11) is 2.10. The third-order valence-electron chi connectivity index (χ3n) is 4.66. The lowest BCUT2D eigenvalue weighted by Gasteiger charge is -2.22. The lowest BCUT2D eigenvalue weighted by atomic mass is 10.1. The number of amides is 1. The molecular formula is C22H25N3O2. The molecule has 0 saturated heterocycles. The number of nitrogens with zero attached hydrogens (tertiary/aromatic N) is 2. The normalized spacial score (nSPS) is 11.1. The van der Waals surface area contributed by atoms with Gasteiger partial charge in [0.05, 0.1) is 0 Å². The second kappa shape index (κ2) is 8.64. The highest BCUT2D eigenvalue weighted by molar-refractivity contribution is 5.92. The van der Waals surface area contributed by atoms with Crippen molar-refractivity contribution in [3.63, 3.8) is 0 Å². The van der Waals surface area contributed by atoms with Crippen molar-refractivity contribution in [2.45, 2.75) is 33.0 Å². The molecular weight excluding hydrogens is 338 g/mol. The Balaban J connectivity index is 1.66. The number of nitrogens with one attached hydrogen (secondary N) is 1. The Morgan fingerprint density at radius 2 is 1.74 bits per heavy atom. The maximum Gasteiger partial charge on any atom is 0.290 e. The maximum absolute atomic E-state index is 12.4. The van der Waals surface area contributed by atoms with Crippen LogP contribution in [-0.2, 0) is 13.1 Å². The molecule has 3 rings (SSSR count). The smallest absolute Gasteiger partial charge is 0.290 e. The molecule has 0 unspecified atom stereocenters. The minimum Gasteiger partial charge on any atom is -0.350 e. The van der Waals surface area contributed by atoms with Crippen LogP contribution in [-0.4, -0.2) is 29.1 Å². The van der Waals surface area contributed by atoms with Crippen LogP contribution in [0.1, 0.15) is 35.5 Å². The Morgan fingerprint density at radius 1 is 1.07 bits per heavy atom. The van der Waals surface area contributed by atoms with Gasteiger partial charge in [0.1, 0.15) is 5.69 Å². The van der Waals surface area contributed by atoms with Gasteiger partial charge in [-0.3, -0.25) is 9.69 Å². The van der Waals surface area contributed by atoms with Gasteiger partial charge in [0.2, 0.25) is 5.76 Å². The number of benzene rings is 2. The van der Waals surface area contributed by atoms with Crippen molar-refractivity contribution in [2.75, 3.05) is 7.05 Å². The van der Waals surface area contributed by atoms with Gasteiger partial charge >= 0.3 is 0 Å². The number of carbonyl (C=O) groups is 1. The second-order valence-electron chi connectivity index (χ2n) is 6.90. The van der Waals surface area contributed by atoms with Gasteiger partial charge in [0, 0.05) is 30.8 Å². The first kappa shape index (κ1) is 18.9. The molecule has 0 aliphatic rings. The van der Waals surface area contributed by atoms with Crippen molar-refractivity contribution >= 4 is 5.91 Å². The zero-order chi connectivity index (χ0) is 19.2. The van der Waals surface area contributed by atoms with Crippen molar-refractivity contribution in [3.8, 4) is 11.3 Å². The van der Waals surface area contributed by atoms with Gasteiger partial charge in [0.25, 0.3) is 5.91 Å². The van der Waals surface area contributed by atoms with Gasteiger partial charge in [0.15, 0.2) is 0 Å². The molecule has 1 N–H and O–H groups in total. The van der Waals surface area contributed by atoms with Gasteiger partial charge in [-0.25, -0.2) is 0 Å². The molecule has 0 aliphatic carbocycles. The summed E-state index contributed by atoms with van der Waals surface area (Å²) in [6.45, 7) is 5.61. The van der Waals surface area contributed by atoms with Crippen molar-refractivity contribution < 1.29 is 9.32 Å². The lowest BCUT2D eigenvalue weighted by molar-refractivity contribution is 0.0914. The van der Waals surface area contributed by atoms with E-state index in [1.54, 1.807) is 6.07 Å². The minimum atomic E-state index is -0.267. The van der Waals surface area contributed by atoms with Gasteiger partial charge in [-0.1, -0.05) is 59.8 Å². The Bertz CT molecular complexity index is 887.